The number of nitrogens with zero attached hydrogens (tertiary/aromatic N) is 1. The van der Waals surface area contributed by atoms with E-state index in [0.717, 1.165) is 27.7 Å². The Labute approximate surface area is 215 Å². The van der Waals surface area contributed by atoms with Crippen molar-refractivity contribution in [1.82, 2.24) is 9.62 Å². The Bertz CT molecular complexity index is 1530. The molecule has 1 aliphatic rings. The summed E-state index contributed by atoms with van der Waals surface area (Å²) in [6.45, 7) is 0.572. The molecule has 0 saturated carbocycles. The molecule has 1 aliphatic heterocycles. The van der Waals surface area contributed by atoms with Crippen LogP contribution in [0.5, 0.6) is 0 Å². The lowest BCUT2D eigenvalue weighted by Gasteiger charge is -2.16. The molecule has 1 fully saturated rings. The quantitative estimate of drug-likeness (QED) is 0.350. The second-order valence-corrected chi connectivity index (χ2v) is 11.1. The number of sulfonamides is 1. The first-order chi connectivity index (χ1) is 17.4. The van der Waals surface area contributed by atoms with Crippen LogP contribution in [0.3, 0.4) is 0 Å². The summed E-state index contributed by atoms with van der Waals surface area (Å²) in [5.74, 6) is 0.582. The molecule has 0 bridgehead atoms. The maximum Gasteiger partial charge on any atom is 0.251 e. The van der Waals surface area contributed by atoms with Crippen LogP contribution in [-0.2, 0) is 16.4 Å². The van der Waals surface area contributed by atoms with E-state index in [1.54, 1.807) is 42.7 Å². The van der Waals surface area contributed by atoms with E-state index in [1.165, 1.54) is 9.71 Å². The lowest BCUT2D eigenvalue weighted by atomic mass is 10.0. The first kappa shape index (κ1) is 24.3. The molecule has 36 heavy (non-hydrogen) atoms. The summed E-state index contributed by atoms with van der Waals surface area (Å²) in [5.41, 5.74) is 2.15. The topological polar surface area (TPSA) is 79.6 Å². The van der Waals surface area contributed by atoms with Crippen LogP contribution in [0.2, 0.25) is 5.02 Å². The van der Waals surface area contributed by atoms with E-state index < -0.39 is 10.0 Å². The molecule has 1 amide bonds. The third-order valence-electron chi connectivity index (χ3n) is 6.35. The van der Waals surface area contributed by atoms with Crippen molar-refractivity contribution in [3.63, 3.8) is 0 Å². The van der Waals surface area contributed by atoms with Crippen molar-refractivity contribution in [1.29, 1.82) is 0 Å². The van der Waals surface area contributed by atoms with Gasteiger partial charge in [-0.1, -0.05) is 66.2 Å². The maximum absolute atomic E-state index is 13.2. The Hall–Kier alpha value is -3.39. The van der Waals surface area contributed by atoms with Crippen LogP contribution in [-0.4, -0.2) is 37.8 Å². The van der Waals surface area contributed by atoms with Gasteiger partial charge in [-0.25, -0.2) is 8.42 Å². The molecule has 0 aliphatic carbocycles. The Morgan fingerprint density at radius 1 is 1.06 bits per heavy atom. The van der Waals surface area contributed by atoms with Gasteiger partial charge in [0, 0.05) is 52.3 Å². The van der Waals surface area contributed by atoms with Crippen LogP contribution >= 0.6 is 11.6 Å². The van der Waals surface area contributed by atoms with Crippen LogP contribution in [0.25, 0.3) is 16.8 Å². The smallest absolute Gasteiger partial charge is 0.251 e. The Morgan fingerprint density at radius 3 is 2.64 bits per heavy atom. The van der Waals surface area contributed by atoms with Gasteiger partial charge in [0.25, 0.3) is 5.91 Å². The van der Waals surface area contributed by atoms with Gasteiger partial charge in [0.2, 0.25) is 10.0 Å². The second kappa shape index (κ2) is 10.3. The zero-order chi connectivity index (χ0) is 25.1. The summed E-state index contributed by atoms with van der Waals surface area (Å²) in [5, 5.41) is 6.85. The molecule has 0 radical (unpaired) electrons. The summed E-state index contributed by atoms with van der Waals surface area (Å²) in [6.07, 6.45) is 4.30. The molecule has 6 nitrogen and oxygen atoms in total. The van der Waals surface area contributed by atoms with E-state index in [-0.39, 0.29) is 18.5 Å². The van der Waals surface area contributed by atoms with Gasteiger partial charge in [-0.15, -0.1) is 0 Å². The van der Waals surface area contributed by atoms with Gasteiger partial charge >= 0.3 is 0 Å². The van der Waals surface area contributed by atoms with E-state index in [2.05, 4.69) is 5.32 Å². The van der Waals surface area contributed by atoms with E-state index in [1.807, 2.05) is 42.5 Å². The summed E-state index contributed by atoms with van der Waals surface area (Å²) in [4.78, 5) is 13.2. The number of carbonyl (C=O) groups excluding carboxylic acids is 1. The number of amides is 1. The fourth-order valence-corrected chi connectivity index (χ4v) is 5.80. The van der Waals surface area contributed by atoms with Gasteiger partial charge in [0.1, 0.15) is 5.76 Å². The SMILES string of the molecule is O=C(NC1CCN(S(=O)(=O)C=Cc2ccc(Cl)cc2)C1)c1ccccc1Cc1occ2ccccc12. The van der Waals surface area contributed by atoms with Crippen molar-refractivity contribution in [2.45, 2.75) is 18.9 Å². The molecular weight excluding hydrogens is 496 g/mol. The molecule has 2 heterocycles. The number of nitrogens with one attached hydrogen (secondary N) is 1. The number of rotatable bonds is 7. The molecule has 5 rings (SSSR count). The predicted octanol–water partition coefficient (Wildman–Crippen LogP) is 5.48. The molecule has 0 spiro atoms. The first-order valence-electron chi connectivity index (χ1n) is 11.7. The summed E-state index contributed by atoms with van der Waals surface area (Å²) >= 11 is 5.89. The molecule has 4 aromatic rings. The van der Waals surface area contributed by atoms with Gasteiger partial charge in [0.05, 0.1) is 6.26 Å². The monoisotopic (exact) mass is 520 g/mol. The fraction of sp³-hybridized carbons (Fsp3) is 0.179. The molecule has 1 N–H and O–H groups in total. The highest BCUT2D eigenvalue weighted by Crippen LogP contribution is 2.25. The van der Waals surface area contributed by atoms with Crippen molar-refractivity contribution in [2.75, 3.05) is 13.1 Å². The van der Waals surface area contributed by atoms with Crippen molar-refractivity contribution in [3.05, 3.63) is 112 Å². The van der Waals surface area contributed by atoms with Gasteiger partial charge in [-0.05, 0) is 41.8 Å². The van der Waals surface area contributed by atoms with Crippen LogP contribution in [0, 0.1) is 0 Å². The summed E-state index contributed by atoms with van der Waals surface area (Å²) < 4.78 is 32.8. The molecule has 184 valence electrons. The minimum atomic E-state index is -3.61. The largest absolute Gasteiger partial charge is 0.468 e. The molecule has 8 heteroatoms. The number of carbonyl (C=O) groups is 1. The van der Waals surface area contributed by atoms with Crippen LogP contribution in [0.15, 0.2) is 88.9 Å². The number of hydrogen-bond donors (Lipinski definition) is 1. The van der Waals surface area contributed by atoms with Gasteiger partial charge < -0.3 is 9.73 Å². The highest BCUT2D eigenvalue weighted by Gasteiger charge is 2.31. The summed E-state index contributed by atoms with van der Waals surface area (Å²) in [6, 6.07) is 22.0. The molecule has 1 atom stereocenters. The third-order valence-corrected chi connectivity index (χ3v) is 8.13. The van der Waals surface area contributed by atoms with Gasteiger partial charge in [-0.3, -0.25) is 4.79 Å². The van der Waals surface area contributed by atoms with Crippen LogP contribution in [0.1, 0.15) is 33.7 Å². The van der Waals surface area contributed by atoms with E-state index in [0.29, 0.717) is 30.0 Å². The average molecular weight is 521 g/mol. The minimum Gasteiger partial charge on any atom is -0.468 e. The minimum absolute atomic E-state index is 0.220. The normalized spacial score (nSPS) is 16.6. The van der Waals surface area contributed by atoms with E-state index in [4.69, 9.17) is 16.0 Å². The zero-order valence-electron chi connectivity index (χ0n) is 19.4. The maximum atomic E-state index is 13.2. The molecule has 1 saturated heterocycles. The number of fused-ring (bicyclic) bond motifs is 1. The second-order valence-electron chi connectivity index (χ2n) is 8.80. The Kier molecular flexibility index (Phi) is 6.96. The number of hydrogen-bond acceptors (Lipinski definition) is 4. The number of furan rings is 1. The van der Waals surface area contributed by atoms with Crippen molar-refractivity contribution >= 4 is 44.4 Å². The number of benzene rings is 3. The highest BCUT2D eigenvalue weighted by atomic mass is 35.5. The zero-order valence-corrected chi connectivity index (χ0v) is 21.0. The van der Waals surface area contributed by atoms with Crippen LogP contribution < -0.4 is 5.32 Å². The predicted molar refractivity (Wildman–Crippen MR) is 142 cm³/mol. The van der Waals surface area contributed by atoms with E-state index in [9.17, 15) is 13.2 Å². The highest BCUT2D eigenvalue weighted by molar-refractivity contribution is 7.92. The van der Waals surface area contributed by atoms with Crippen molar-refractivity contribution < 1.29 is 17.6 Å². The lowest BCUT2D eigenvalue weighted by Crippen LogP contribution is -2.38. The summed E-state index contributed by atoms with van der Waals surface area (Å²) in [7, 11) is -3.61. The molecule has 3 aromatic carbocycles. The Balaban J connectivity index is 1.25. The third kappa shape index (κ3) is 5.38. The van der Waals surface area contributed by atoms with Crippen molar-refractivity contribution in [3.8, 4) is 0 Å². The van der Waals surface area contributed by atoms with Crippen LogP contribution in [0.4, 0.5) is 0 Å². The molecule has 1 unspecified atom stereocenters. The standard InChI is InChI=1S/C28H25ClN2O4S/c29-23-11-9-20(10-12-23)14-16-36(33,34)31-15-13-24(18-31)30-28(32)26-8-4-1-5-21(26)17-27-25-7-3-2-6-22(25)19-35-27/h1-12,14,16,19,24H,13,15,17-18H2,(H,30,32). The van der Waals surface area contributed by atoms with E-state index >= 15 is 0 Å². The fourth-order valence-electron chi connectivity index (χ4n) is 4.42. The Morgan fingerprint density at radius 2 is 1.81 bits per heavy atom. The molecular formula is C28H25ClN2O4S. The number of halogens is 1. The van der Waals surface area contributed by atoms with Crippen molar-refractivity contribution in [2.24, 2.45) is 0 Å². The van der Waals surface area contributed by atoms with Gasteiger partial charge in [0.15, 0.2) is 0 Å². The molecule has 1 aromatic heterocycles. The first-order valence-corrected chi connectivity index (χ1v) is 13.5. The van der Waals surface area contributed by atoms with Gasteiger partial charge in [-0.2, -0.15) is 4.31 Å². The average Bonchev–Trinajstić information content (AvgIpc) is 3.52. The lowest BCUT2D eigenvalue weighted by molar-refractivity contribution is 0.0938.